The summed E-state index contributed by atoms with van der Waals surface area (Å²) in [6.45, 7) is 0.882. The number of unbranched alkanes of at least 4 members (excludes halogenated alkanes) is 1. The lowest BCUT2D eigenvalue weighted by atomic mass is 10.1. The van der Waals surface area contributed by atoms with Crippen LogP contribution in [0.5, 0.6) is 0 Å². The molecule has 0 radical (unpaired) electrons. The van der Waals surface area contributed by atoms with Crippen LogP contribution in [0, 0.1) is 10.1 Å². The largest absolute Gasteiger partial charge is 0.381 e. The van der Waals surface area contributed by atoms with Crippen LogP contribution < -0.4 is 0 Å². The van der Waals surface area contributed by atoms with Crippen LogP contribution in [0.25, 0.3) is 0 Å². The van der Waals surface area contributed by atoms with Crippen LogP contribution in [0.2, 0.25) is 0 Å². The molecule has 0 bridgehead atoms. The highest BCUT2D eigenvalue weighted by atomic mass is 16.6. The molecule has 0 unspecified atom stereocenters. The smallest absolute Gasteiger partial charge is 0.358 e. The standard InChI is InChI=1S/C15H14N4O4/c20-14-11-5-1-2-6-12(11)15(21)18(14)8-4-3-7-17-9-13(16-10-17)19(22)23/h1-2,5-6,9-10H,3-4,7-8H2. The van der Waals surface area contributed by atoms with Crippen LogP contribution in [0.3, 0.4) is 0 Å². The maximum absolute atomic E-state index is 12.2. The second-order valence-corrected chi connectivity index (χ2v) is 5.24. The van der Waals surface area contributed by atoms with Gasteiger partial charge in [-0.1, -0.05) is 12.1 Å². The first kappa shape index (κ1) is 14.9. The topological polar surface area (TPSA) is 98.3 Å². The van der Waals surface area contributed by atoms with Crippen molar-refractivity contribution in [2.45, 2.75) is 19.4 Å². The van der Waals surface area contributed by atoms with Crippen molar-refractivity contribution in [1.82, 2.24) is 14.5 Å². The first-order chi connectivity index (χ1) is 11.1. The maximum Gasteiger partial charge on any atom is 0.381 e. The molecule has 23 heavy (non-hydrogen) atoms. The molecule has 3 rings (SSSR count). The van der Waals surface area contributed by atoms with E-state index in [0.717, 1.165) is 0 Å². The van der Waals surface area contributed by atoms with Crippen LogP contribution in [0.4, 0.5) is 5.82 Å². The minimum absolute atomic E-state index is 0.189. The van der Waals surface area contributed by atoms with Crippen molar-refractivity contribution < 1.29 is 14.5 Å². The molecule has 118 valence electrons. The van der Waals surface area contributed by atoms with Crippen LogP contribution in [0.1, 0.15) is 33.6 Å². The van der Waals surface area contributed by atoms with Gasteiger partial charge in [-0.05, 0) is 34.9 Å². The SMILES string of the molecule is O=C1c2ccccc2C(=O)N1CCCCn1cnc([N+](=O)[O-])c1. The molecule has 8 heteroatoms. The van der Waals surface area contributed by atoms with E-state index in [1.54, 1.807) is 28.8 Å². The summed E-state index contributed by atoms with van der Waals surface area (Å²) in [6, 6.07) is 6.78. The molecule has 0 aliphatic carbocycles. The number of hydrogen-bond donors (Lipinski definition) is 0. The Labute approximate surface area is 131 Å². The predicted octanol–water partition coefficient (Wildman–Crippen LogP) is 1.87. The zero-order valence-corrected chi connectivity index (χ0v) is 12.2. The summed E-state index contributed by atoms with van der Waals surface area (Å²) in [6.07, 6.45) is 4.07. The minimum Gasteiger partial charge on any atom is -0.358 e. The van der Waals surface area contributed by atoms with Gasteiger partial charge in [0.05, 0.1) is 11.1 Å². The lowest BCUT2D eigenvalue weighted by Crippen LogP contribution is -2.30. The molecule has 0 N–H and O–H groups in total. The molecule has 1 aromatic heterocycles. The van der Waals surface area contributed by atoms with Crippen molar-refractivity contribution in [3.8, 4) is 0 Å². The Morgan fingerprint density at radius 1 is 1.04 bits per heavy atom. The number of nitrogens with zero attached hydrogens (tertiary/aromatic N) is 4. The molecule has 0 saturated carbocycles. The number of aryl methyl sites for hydroxylation is 1. The van der Waals surface area contributed by atoms with E-state index in [2.05, 4.69) is 4.98 Å². The average molecular weight is 314 g/mol. The molecule has 0 atom stereocenters. The molecular formula is C15H14N4O4. The van der Waals surface area contributed by atoms with Gasteiger partial charge in [0.1, 0.15) is 6.20 Å². The third-order valence-corrected chi connectivity index (χ3v) is 3.73. The average Bonchev–Trinajstić information content (AvgIpc) is 3.11. The summed E-state index contributed by atoms with van der Waals surface area (Å²) in [4.78, 5) is 39.2. The Hall–Kier alpha value is -3.03. The van der Waals surface area contributed by atoms with Crippen molar-refractivity contribution in [2.24, 2.45) is 0 Å². The Bertz CT molecular complexity index is 748. The second-order valence-electron chi connectivity index (χ2n) is 5.24. The predicted molar refractivity (Wildman–Crippen MR) is 79.9 cm³/mol. The number of rotatable bonds is 6. The zero-order valence-electron chi connectivity index (χ0n) is 12.2. The van der Waals surface area contributed by atoms with Crippen molar-refractivity contribution >= 4 is 17.6 Å². The summed E-state index contributed by atoms with van der Waals surface area (Å²) in [7, 11) is 0. The van der Waals surface area contributed by atoms with Gasteiger partial charge in [0.25, 0.3) is 11.8 Å². The molecule has 8 nitrogen and oxygen atoms in total. The molecule has 2 aromatic rings. The van der Waals surface area contributed by atoms with Crippen molar-refractivity contribution in [3.63, 3.8) is 0 Å². The highest BCUT2D eigenvalue weighted by Crippen LogP contribution is 2.22. The van der Waals surface area contributed by atoms with Gasteiger partial charge < -0.3 is 14.7 Å². The van der Waals surface area contributed by atoms with Gasteiger partial charge in [0, 0.05) is 13.1 Å². The maximum atomic E-state index is 12.2. The molecule has 0 spiro atoms. The zero-order chi connectivity index (χ0) is 16.4. The van der Waals surface area contributed by atoms with Crippen LogP contribution in [-0.4, -0.2) is 37.7 Å². The normalized spacial score (nSPS) is 13.5. The van der Waals surface area contributed by atoms with Crippen LogP contribution in [0.15, 0.2) is 36.8 Å². The highest BCUT2D eigenvalue weighted by molar-refractivity contribution is 6.21. The third-order valence-electron chi connectivity index (χ3n) is 3.73. The number of nitro groups is 1. The van der Waals surface area contributed by atoms with Crippen LogP contribution in [-0.2, 0) is 6.54 Å². The van der Waals surface area contributed by atoms with Gasteiger partial charge in [-0.25, -0.2) is 0 Å². The molecule has 2 amide bonds. The van der Waals surface area contributed by atoms with Gasteiger partial charge in [-0.15, -0.1) is 0 Å². The monoisotopic (exact) mass is 314 g/mol. The Morgan fingerprint density at radius 3 is 2.22 bits per heavy atom. The van der Waals surface area contributed by atoms with E-state index in [-0.39, 0.29) is 17.6 Å². The van der Waals surface area contributed by atoms with E-state index < -0.39 is 4.92 Å². The third kappa shape index (κ3) is 2.83. The quantitative estimate of drug-likeness (QED) is 0.351. The molecule has 0 saturated heterocycles. The van der Waals surface area contributed by atoms with E-state index in [4.69, 9.17) is 0 Å². The van der Waals surface area contributed by atoms with Gasteiger partial charge in [0.2, 0.25) is 6.33 Å². The lowest BCUT2D eigenvalue weighted by Gasteiger charge is -2.13. The van der Waals surface area contributed by atoms with Gasteiger partial charge in [0.15, 0.2) is 0 Å². The molecule has 1 aliphatic rings. The van der Waals surface area contributed by atoms with Crippen molar-refractivity contribution in [3.05, 3.63) is 58.0 Å². The lowest BCUT2D eigenvalue weighted by molar-refractivity contribution is -0.389. The fraction of sp³-hybridized carbons (Fsp3) is 0.267. The number of amides is 2. The van der Waals surface area contributed by atoms with E-state index in [1.165, 1.54) is 17.4 Å². The Morgan fingerprint density at radius 2 is 1.65 bits per heavy atom. The fourth-order valence-corrected chi connectivity index (χ4v) is 2.57. The number of carbonyl (C=O) groups is 2. The van der Waals surface area contributed by atoms with E-state index in [1.807, 2.05) is 0 Å². The summed E-state index contributed by atoms with van der Waals surface area (Å²) < 4.78 is 1.63. The Kier molecular flexibility index (Phi) is 3.88. The summed E-state index contributed by atoms with van der Waals surface area (Å²) in [5.41, 5.74) is 0.894. The summed E-state index contributed by atoms with van der Waals surface area (Å²) in [5, 5.41) is 10.5. The van der Waals surface area contributed by atoms with Crippen molar-refractivity contribution in [1.29, 1.82) is 0 Å². The number of benzene rings is 1. The van der Waals surface area contributed by atoms with Gasteiger partial charge >= 0.3 is 5.82 Å². The number of carbonyl (C=O) groups excluding carboxylic acids is 2. The Balaban J connectivity index is 1.52. The number of fused-ring (bicyclic) bond motifs is 1. The molecule has 2 heterocycles. The molecule has 0 fully saturated rings. The van der Waals surface area contributed by atoms with Crippen LogP contribution >= 0.6 is 0 Å². The highest BCUT2D eigenvalue weighted by Gasteiger charge is 2.34. The molecule has 1 aromatic carbocycles. The fourth-order valence-electron chi connectivity index (χ4n) is 2.57. The number of hydrogen-bond acceptors (Lipinski definition) is 5. The first-order valence-corrected chi connectivity index (χ1v) is 7.19. The number of imidazole rings is 1. The summed E-state index contributed by atoms with van der Waals surface area (Å²) >= 11 is 0. The van der Waals surface area contributed by atoms with Crippen molar-refractivity contribution in [2.75, 3.05) is 6.54 Å². The number of imide groups is 1. The van der Waals surface area contributed by atoms with Gasteiger partial charge in [-0.3, -0.25) is 14.5 Å². The van der Waals surface area contributed by atoms with E-state index in [0.29, 0.717) is 37.1 Å². The van der Waals surface area contributed by atoms with Gasteiger partial charge in [-0.2, -0.15) is 0 Å². The van der Waals surface area contributed by atoms with E-state index >= 15 is 0 Å². The summed E-state index contributed by atoms with van der Waals surface area (Å²) in [5.74, 6) is -0.710. The molecule has 1 aliphatic heterocycles. The number of aromatic nitrogens is 2. The van der Waals surface area contributed by atoms with E-state index in [9.17, 15) is 19.7 Å². The minimum atomic E-state index is -0.546. The molecular weight excluding hydrogens is 300 g/mol. The first-order valence-electron chi connectivity index (χ1n) is 7.19. The second kappa shape index (κ2) is 5.99.